The maximum atomic E-state index is 13.1. The average molecular weight is 462 g/mol. The lowest BCUT2D eigenvalue weighted by molar-refractivity contribution is -0.119. The number of aryl methyl sites for hydroxylation is 1. The Labute approximate surface area is 182 Å². The van der Waals surface area contributed by atoms with Gasteiger partial charge in [0.15, 0.2) is 0 Å². The van der Waals surface area contributed by atoms with Crippen molar-refractivity contribution in [3.05, 3.63) is 106 Å². The second-order valence-corrected chi connectivity index (χ2v) is 7.87. The summed E-state index contributed by atoms with van der Waals surface area (Å²) in [6, 6.07) is 24.9. The quantitative estimate of drug-likeness (QED) is 0.415. The van der Waals surface area contributed by atoms with E-state index in [1.165, 1.54) is 10.9 Å². The summed E-state index contributed by atoms with van der Waals surface area (Å²) in [6.45, 7) is 0.743. The van der Waals surface area contributed by atoms with Crippen molar-refractivity contribution >= 4 is 38.4 Å². The average Bonchev–Trinajstić information content (AvgIpc) is 2.78. The van der Waals surface area contributed by atoms with Gasteiger partial charge >= 0.3 is 0 Å². The SMILES string of the molecule is O=C(CCn1cnc2ccc(Br)cc2c1=O)N(Cc1ccccc1)c1ccccc1. The second-order valence-electron chi connectivity index (χ2n) is 6.96. The van der Waals surface area contributed by atoms with Gasteiger partial charge in [0.25, 0.3) is 5.56 Å². The van der Waals surface area contributed by atoms with Crippen molar-refractivity contribution in [2.45, 2.75) is 19.5 Å². The lowest BCUT2D eigenvalue weighted by atomic mass is 10.2. The Bertz CT molecular complexity index is 1220. The summed E-state index contributed by atoms with van der Waals surface area (Å²) in [5.74, 6) is -0.0497. The van der Waals surface area contributed by atoms with Crippen LogP contribution in [0.1, 0.15) is 12.0 Å². The first-order chi connectivity index (χ1) is 14.6. The van der Waals surface area contributed by atoms with Gasteiger partial charge in [0, 0.05) is 23.1 Å². The number of carbonyl (C=O) groups excluding carboxylic acids is 1. The molecule has 0 N–H and O–H groups in total. The predicted molar refractivity (Wildman–Crippen MR) is 122 cm³/mol. The van der Waals surface area contributed by atoms with Crippen LogP contribution in [0.2, 0.25) is 0 Å². The number of halogens is 1. The van der Waals surface area contributed by atoms with Crippen LogP contribution in [0.25, 0.3) is 10.9 Å². The third-order valence-electron chi connectivity index (χ3n) is 4.91. The predicted octanol–water partition coefficient (Wildman–Crippen LogP) is 4.78. The molecule has 4 aromatic rings. The third kappa shape index (κ3) is 4.49. The third-order valence-corrected chi connectivity index (χ3v) is 5.40. The molecule has 1 amide bonds. The van der Waals surface area contributed by atoms with E-state index in [-0.39, 0.29) is 24.4 Å². The molecular formula is C24H20BrN3O2. The number of carbonyl (C=O) groups is 1. The van der Waals surface area contributed by atoms with Crippen LogP contribution in [0, 0.1) is 0 Å². The first-order valence-corrected chi connectivity index (χ1v) is 10.5. The van der Waals surface area contributed by atoms with E-state index in [0.717, 1.165) is 15.7 Å². The van der Waals surface area contributed by atoms with Crippen LogP contribution in [0.15, 0.2) is 94.5 Å². The highest BCUT2D eigenvalue weighted by Gasteiger charge is 2.17. The number of benzene rings is 3. The number of para-hydroxylation sites is 1. The summed E-state index contributed by atoms with van der Waals surface area (Å²) in [6.07, 6.45) is 1.71. The van der Waals surface area contributed by atoms with Gasteiger partial charge in [-0.05, 0) is 35.9 Å². The van der Waals surface area contributed by atoms with E-state index in [4.69, 9.17) is 0 Å². The van der Waals surface area contributed by atoms with E-state index in [1.54, 1.807) is 17.0 Å². The number of amides is 1. The van der Waals surface area contributed by atoms with Gasteiger partial charge in [-0.15, -0.1) is 0 Å². The van der Waals surface area contributed by atoms with Gasteiger partial charge in [-0.1, -0.05) is 64.5 Å². The Balaban J connectivity index is 1.56. The molecule has 0 spiro atoms. The van der Waals surface area contributed by atoms with E-state index in [0.29, 0.717) is 17.4 Å². The molecule has 3 aromatic carbocycles. The number of nitrogens with zero attached hydrogens (tertiary/aromatic N) is 3. The summed E-state index contributed by atoms with van der Waals surface area (Å²) in [4.78, 5) is 32.0. The number of rotatable bonds is 6. The van der Waals surface area contributed by atoms with Crippen LogP contribution in [0.5, 0.6) is 0 Å². The van der Waals surface area contributed by atoms with Crippen molar-refractivity contribution in [1.82, 2.24) is 9.55 Å². The van der Waals surface area contributed by atoms with Crippen LogP contribution in [-0.2, 0) is 17.9 Å². The highest BCUT2D eigenvalue weighted by molar-refractivity contribution is 9.10. The van der Waals surface area contributed by atoms with Crippen molar-refractivity contribution in [2.24, 2.45) is 0 Å². The van der Waals surface area contributed by atoms with E-state index >= 15 is 0 Å². The fourth-order valence-electron chi connectivity index (χ4n) is 3.34. The van der Waals surface area contributed by atoms with Gasteiger partial charge in [-0.2, -0.15) is 0 Å². The molecule has 0 saturated heterocycles. The van der Waals surface area contributed by atoms with Crippen molar-refractivity contribution in [2.75, 3.05) is 4.90 Å². The topological polar surface area (TPSA) is 55.2 Å². The minimum absolute atomic E-state index is 0.0497. The molecule has 0 radical (unpaired) electrons. The minimum Gasteiger partial charge on any atom is -0.308 e. The largest absolute Gasteiger partial charge is 0.308 e. The van der Waals surface area contributed by atoms with Gasteiger partial charge in [0.2, 0.25) is 5.91 Å². The summed E-state index contributed by atoms with van der Waals surface area (Å²) < 4.78 is 2.32. The molecular weight excluding hydrogens is 442 g/mol. The van der Waals surface area contributed by atoms with Gasteiger partial charge < -0.3 is 4.90 Å². The highest BCUT2D eigenvalue weighted by Crippen LogP contribution is 2.19. The van der Waals surface area contributed by atoms with Crippen molar-refractivity contribution in [3.63, 3.8) is 0 Å². The molecule has 1 heterocycles. The Morgan fingerprint density at radius 3 is 2.40 bits per heavy atom. The van der Waals surface area contributed by atoms with Crippen molar-refractivity contribution in [1.29, 1.82) is 0 Å². The van der Waals surface area contributed by atoms with Crippen LogP contribution in [-0.4, -0.2) is 15.5 Å². The van der Waals surface area contributed by atoms with Gasteiger partial charge in [0.1, 0.15) is 0 Å². The van der Waals surface area contributed by atoms with Crippen LogP contribution >= 0.6 is 15.9 Å². The molecule has 0 fully saturated rings. The van der Waals surface area contributed by atoms with Gasteiger partial charge in [-0.3, -0.25) is 14.2 Å². The van der Waals surface area contributed by atoms with Crippen LogP contribution < -0.4 is 10.5 Å². The van der Waals surface area contributed by atoms with Crippen molar-refractivity contribution < 1.29 is 4.79 Å². The maximum Gasteiger partial charge on any atom is 0.261 e. The number of hydrogen-bond donors (Lipinski definition) is 0. The highest BCUT2D eigenvalue weighted by atomic mass is 79.9. The van der Waals surface area contributed by atoms with Crippen molar-refractivity contribution in [3.8, 4) is 0 Å². The molecule has 0 atom stereocenters. The first kappa shape index (κ1) is 20.0. The standard InChI is InChI=1S/C24H20BrN3O2/c25-19-11-12-22-21(15-19)24(30)27(17-26-22)14-13-23(29)28(20-9-5-2-6-10-20)16-18-7-3-1-4-8-18/h1-12,15,17H,13-14,16H2. The first-order valence-electron chi connectivity index (χ1n) is 9.66. The fraction of sp³-hybridized carbons (Fsp3) is 0.125. The number of aromatic nitrogens is 2. The number of hydrogen-bond acceptors (Lipinski definition) is 3. The maximum absolute atomic E-state index is 13.1. The van der Waals surface area contributed by atoms with E-state index < -0.39 is 0 Å². The molecule has 0 aliphatic rings. The molecule has 0 saturated carbocycles. The zero-order valence-electron chi connectivity index (χ0n) is 16.2. The Kier molecular flexibility index (Phi) is 6.05. The molecule has 1 aromatic heterocycles. The molecule has 0 aliphatic heterocycles. The van der Waals surface area contributed by atoms with E-state index in [1.807, 2.05) is 66.7 Å². The molecule has 0 unspecified atom stereocenters. The van der Waals surface area contributed by atoms with Gasteiger partial charge in [0.05, 0.1) is 23.8 Å². The Morgan fingerprint density at radius 2 is 1.67 bits per heavy atom. The lowest BCUT2D eigenvalue weighted by Gasteiger charge is -2.23. The molecule has 4 rings (SSSR count). The van der Waals surface area contributed by atoms with E-state index in [2.05, 4.69) is 20.9 Å². The Morgan fingerprint density at radius 1 is 0.967 bits per heavy atom. The molecule has 0 aliphatic carbocycles. The van der Waals surface area contributed by atoms with Crippen LogP contribution in [0.3, 0.4) is 0 Å². The molecule has 150 valence electrons. The minimum atomic E-state index is -0.150. The molecule has 0 bridgehead atoms. The smallest absolute Gasteiger partial charge is 0.261 e. The summed E-state index contributed by atoms with van der Waals surface area (Å²) in [5, 5.41) is 0.531. The normalized spacial score (nSPS) is 10.8. The summed E-state index contributed by atoms with van der Waals surface area (Å²) in [5.41, 5.74) is 2.37. The number of fused-ring (bicyclic) bond motifs is 1. The van der Waals surface area contributed by atoms with Gasteiger partial charge in [-0.25, -0.2) is 4.98 Å². The number of anilines is 1. The monoisotopic (exact) mass is 461 g/mol. The molecule has 5 nitrogen and oxygen atoms in total. The molecule has 30 heavy (non-hydrogen) atoms. The summed E-state index contributed by atoms with van der Waals surface area (Å²) in [7, 11) is 0. The zero-order valence-corrected chi connectivity index (χ0v) is 17.8. The second kappa shape index (κ2) is 9.05. The molecule has 6 heteroatoms. The fourth-order valence-corrected chi connectivity index (χ4v) is 3.70. The van der Waals surface area contributed by atoms with E-state index in [9.17, 15) is 9.59 Å². The Hall–Kier alpha value is -3.25. The zero-order chi connectivity index (χ0) is 20.9. The lowest BCUT2D eigenvalue weighted by Crippen LogP contribution is -2.32. The van der Waals surface area contributed by atoms with Crippen LogP contribution in [0.4, 0.5) is 5.69 Å². The summed E-state index contributed by atoms with van der Waals surface area (Å²) >= 11 is 3.39.